The lowest BCUT2D eigenvalue weighted by Crippen LogP contribution is -2.46. The number of nitrogens with zero attached hydrogens (tertiary/aromatic N) is 1. The van der Waals surface area contributed by atoms with Crippen LogP contribution < -0.4 is 10.6 Å². The molecule has 13 heteroatoms. The fourth-order valence-corrected chi connectivity index (χ4v) is 2.26. The molecule has 142 valence electrons. The van der Waals surface area contributed by atoms with Gasteiger partial charge in [-0.3, -0.25) is 23.6 Å². The molecule has 0 bridgehead atoms. The second-order valence-electron chi connectivity index (χ2n) is 5.27. The van der Waals surface area contributed by atoms with Gasteiger partial charge in [-0.1, -0.05) is 0 Å². The van der Waals surface area contributed by atoms with Crippen molar-refractivity contribution in [2.24, 2.45) is 0 Å². The smallest absolute Gasteiger partial charge is 0.266 e. The van der Waals surface area contributed by atoms with Gasteiger partial charge in [-0.15, -0.1) is 0 Å². The molecular weight excluding hydrogens is 366 g/mol. The number of hydrogen-bond donors (Lipinski definition) is 4. The highest BCUT2D eigenvalue weighted by Crippen LogP contribution is 1.97. The van der Waals surface area contributed by atoms with Crippen molar-refractivity contribution in [2.45, 2.75) is 19.9 Å². The molecule has 0 radical (unpaired) electrons. The number of carbonyl (C=O) groups is 2. The summed E-state index contributed by atoms with van der Waals surface area (Å²) in [6.07, 6.45) is 0. The largest absolute Gasteiger partial charge is 0.354 e. The minimum absolute atomic E-state index is 0.186. The maximum Gasteiger partial charge on any atom is 0.266 e. The summed E-state index contributed by atoms with van der Waals surface area (Å²) < 4.78 is 59.3. The van der Waals surface area contributed by atoms with E-state index in [-0.39, 0.29) is 32.2 Å². The Morgan fingerprint density at radius 2 is 1.21 bits per heavy atom. The Kier molecular flexibility index (Phi) is 9.35. The average molecular weight is 389 g/mol. The molecule has 0 fully saturated rings. The first-order chi connectivity index (χ1) is 10.8. The molecule has 0 rings (SSSR count). The first-order valence-electron chi connectivity index (χ1n) is 6.98. The van der Waals surface area contributed by atoms with Crippen LogP contribution in [0.5, 0.6) is 0 Å². The summed E-state index contributed by atoms with van der Waals surface area (Å²) in [5.74, 6) is -2.29. The van der Waals surface area contributed by atoms with E-state index in [2.05, 4.69) is 10.6 Å². The van der Waals surface area contributed by atoms with E-state index >= 15 is 0 Å². The van der Waals surface area contributed by atoms with E-state index in [4.69, 9.17) is 9.11 Å². The van der Waals surface area contributed by atoms with Crippen LogP contribution in [-0.4, -0.2) is 86.4 Å². The van der Waals surface area contributed by atoms with E-state index in [0.717, 1.165) is 0 Å². The van der Waals surface area contributed by atoms with Gasteiger partial charge in [0, 0.05) is 19.1 Å². The second kappa shape index (κ2) is 9.88. The lowest BCUT2D eigenvalue weighted by Gasteiger charge is -2.25. The molecule has 0 saturated heterocycles. The molecule has 2 amide bonds. The van der Waals surface area contributed by atoms with Crippen molar-refractivity contribution in [3.05, 3.63) is 0 Å². The zero-order valence-electron chi connectivity index (χ0n) is 13.4. The summed E-state index contributed by atoms with van der Waals surface area (Å²) in [5, 5.41) is 4.59. The summed E-state index contributed by atoms with van der Waals surface area (Å²) in [6, 6.07) is -0.190. The fourth-order valence-electron chi connectivity index (χ4n) is 1.54. The topological polar surface area (TPSA) is 170 Å². The van der Waals surface area contributed by atoms with E-state index in [9.17, 15) is 26.4 Å². The lowest BCUT2D eigenvalue weighted by atomic mass is 10.3. The standard InChI is InChI=1S/C11H23N3O8S2/c1-9(2)14(7-10(15)12-3-5-23(17,18)19)8-11(16)13-4-6-24(20,21)22/h9H,3-8H2,1-2H3,(H,12,15)(H,13,16)(H,17,18,19)(H,20,21,22). The van der Waals surface area contributed by atoms with Crippen LogP contribution in [0.2, 0.25) is 0 Å². The minimum atomic E-state index is -4.17. The van der Waals surface area contributed by atoms with Crippen LogP contribution in [0.4, 0.5) is 0 Å². The SMILES string of the molecule is CC(C)N(CC(=O)NCCS(=O)(=O)O)CC(=O)NCCS(=O)(=O)O. The number of amides is 2. The van der Waals surface area contributed by atoms with E-state index in [1.807, 2.05) is 0 Å². The van der Waals surface area contributed by atoms with Crippen molar-refractivity contribution in [2.75, 3.05) is 37.7 Å². The molecular formula is C11H23N3O8S2. The first-order valence-corrected chi connectivity index (χ1v) is 10.2. The monoisotopic (exact) mass is 389 g/mol. The van der Waals surface area contributed by atoms with Crippen LogP contribution in [0, 0.1) is 0 Å². The van der Waals surface area contributed by atoms with E-state index in [1.165, 1.54) is 4.90 Å². The maximum atomic E-state index is 11.7. The van der Waals surface area contributed by atoms with Gasteiger partial charge in [0.2, 0.25) is 11.8 Å². The molecule has 4 N–H and O–H groups in total. The number of carbonyl (C=O) groups excluding carboxylic acids is 2. The molecule has 0 aliphatic rings. The quantitative estimate of drug-likeness (QED) is 0.284. The summed E-state index contributed by atoms with van der Waals surface area (Å²) in [4.78, 5) is 24.9. The van der Waals surface area contributed by atoms with Gasteiger partial charge in [0.05, 0.1) is 24.6 Å². The molecule has 0 aliphatic heterocycles. The first kappa shape index (κ1) is 22.7. The Balaban J connectivity index is 4.34. The molecule has 24 heavy (non-hydrogen) atoms. The highest BCUT2D eigenvalue weighted by atomic mass is 32.2. The molecule has 0 aromatic heterocycles. The summed E-state index contributed by atoms with van der Waals surface area (Å²) in [7, 11) is -8.34. The van der Waals surface area contributed by atoms with Crippen LogP contribution >= 0.6 is 0 Å². The van der Waals surface area contributed by atoms with Crippen molar-refractivity contribution in [3.8, 4) is 0 Å². The van der Waals surface area contributed by atoms with Gasteiger partial charge >= 0.3 is 0 Å². The molecule has 0 aliphatic carbocycles. The van der Waals surface area contributed by atoms with Crippen LogP contribution in [0.3, 0.4) is 0 Å². The second-order valence-corrected chi connectivity index (χ2v) is 8.41. The molecule has 0 spiro atoms. The van der Waals surface area contributed by atoms with Crippen LogP contribution in [0.25, 0.3) is 0 Å². The van der Waals surface area contributed by atoms with Gasteiger partial charge in [-0.05, 0) is 13.8 Å². The molecule has 0 saturated carbocycles. The van der Waals surface area contributed by atoms with Crippen LogP contribution in [0.15, 0.2) is 0 Å². The van der Waals surface area contributed by atoms with Gasteiger partial charge in [0.15, 0.2) is 0 Å². The zero-order valence-corrected chi connectivity index (χ0v) is 15.1. The predicted octanol–water partition coefficient (Wildman–Crippen LogP) is -2.30. The Morgan fingerprint density at radius 1 is 0.875 bits per heavy atom. The normalized spacial score (nSPS) is 12.4. The van der Waals surface area contributed by atoms with Gasteiger partial charge in [0.1, 0.15) is 0 Å². The van der Waals surface area contributed by atoms with E-state index in [1.54, 1.807) is 13.8 Å². The number of rotatable bonds is 11. The van der Waals surface area contributed by atoms with Crippen molar-refractivity contribution < 1.29 is 35.5 Å². The van der Waals surface area contributed by atoms with Crippen LogP contribution in [-0.2, 0) is 29.8 Å². The van der Waals surface area contributed by atoms with Crippen molar-refractivity contribution >= 4 is 32.1 Å². The van der Waals surface area contributed by atoms with Crippen molar-refractivity contribution in [3.63, 3.8) is 0 Å². The third-order valence-corrected chi connectivity index (χ3v) is 4.23. The van der Waals surface area contributed by atoms with Crippen molar-refractivity contribution in [1.82, 2.24) is 15.5 Å². The highest BCUT2D eigenvalue weighted by Gasteiger charge is 2.18. The summed E-state index contributed by atoms with van der Waals surface area (Å²) in [6.45, 7) is 2.58. The minimum Gasteiger partial charge on any atom is -0.354 e. The van der Waals surface area contributed by atoms with E-state index in [0.29, 0.717) is 0 Å². The Hall–Kier alpha value is -1.28. The molecule has 11 nitrogen and oxygen atoms in total. The fraction of sp³-hybridized carbons (Fsp3) is 0.818. The Bertz CT molecular complexity index is 578. The van der Waals surface area contributed by atoms with Gasteiger partial charge < -0.3 is 10.6 Å². The van der Waals surface area contributed by atoms with Crippen LogP contribution in [0.1, 0.15) is 13.8 Å². The Labute approximate surface area is 141 Å². The average Bonchev–Trinajstić information content (AvgIpc) is 2.34. The molecule has 0 atom stereocenters. The van der Waals surface area contributed by atoms with Gasteiger partial charge in [-0.2, -0.15) is 16.8 Å². The van der Waals surface area contributed by atoms with E-state index < -0.39 is 43.6 Å². The molecule has 0 unspecified atom stereocenters. The summed E-state index contributed by atoms with van der Waals surface area (Å²) >= 11 is 0. The molecule has 0 aromatic carbocycles. The third kappa shape index (κ3) is 13.2. The zero-order chi connectivity index (χ0) is 19.0. The predicted molar refractivity (Wildman–Crippen MR) is 85.6 cm³/mol. The van der Waals surface area contributed by atoms with Gasteiger partial charge in [0.25, 0.3) is 20.2 Å². The Morgan fingerprint density at radius 3 is 1.46 bits per heavy atom. The van der Waals surface area contributed by atoms with Gasteiger partial charge in [-0.25, -0.2) is 0 Å². The number of nitrogens with one attached hydrogen (secondary N) is 2. The lowest BCUT2D eigenvalue weighted by molar-refractivity contribution is -0.125. The third-order valence-electron chi connectivity index (χ3n) is 2.79. The molecule has 0 heterocycles. The maximum absolute atomic E-state index is 11.7. The van der Waals surface area contributed by atoms with Crippen molar-refractivity contribution in [1.29, 1.82) is 0 Å². The number of hydrogen-bond acceptors (Lipinski definition) is 7. The summed E-state index contributed by atoms with van der Waals surface area (Å²) in [5.41, 5.74) is 0. The molecule has 0 aromatic rings. The highest BCUT2D eigenvalue weighted by molar-refractivity contribution is 7.86.